The quantitative estimate of drug-likeness (QED) is 0.725. The van der Waals surface area contributed by atoms with Gasteiger partial charge in [-0.15, -0.1) is 11.6 Å². The van der Waals surface area contributed by atoms with E-state index in [1.807, 2.05) is 0 Å². The molecule has 0 radical (unpaired) electrons. The van der Waals surface area contributed by atoms with Crippen LogP contribution in [0, 0.1) is 0 Å². The zero-order valence-electron chi connectivity index (χ0n) is 8.30. The first-order valence-electron chi connectivity index (χ1n) is 4.93. The van der Waals surface area contributed by atoms with E-state index in [1.54, 1.807) is 0 Å². The van der Waals surface area contributed by atoms with Gasteiger partial charge >= 0.3 is 6.18 Å². The van der Waals surface area contributed by atoms with E-state index in [9.17, 15) is 13.2 Å². The highest BCUT2D eigenvalue weighted by Gasteiger charge is 2.32. The summed E-state index contributed by atoms with van der Waals surface area (Å²) in [5, 5.41) is 0.0933. The zero-order chi connectivity index (χ0) is 11.8. The van der Waals surface area contributed by atoms with E-state index in [0.29, 0.717) is 12.8 Å². The molecule has 0 atom stereocenters. The molecule has 5 heteroatoms. The van der Waals surface area contributed by atoms with Crippen molar-refractivity contribution in [1.82, 2.24) is 0 Å². The first-order valence-corrected chi connectivity index (χ1v) is 5.37. The van der Waals surface area contributed by atoms with Crippen molar-refractivity contribution in [3.05, 3.63) is 29.8 Å². The largest absolute Gasteiger partial charge is 0.490 e. The first kappa shape index (κ1) is 11.6. The molecular weight excluding hydrogens is 241 g/mol. The Hall–Kier alpha value is -0.900. The summed E-state index contributed by atoms with van der Waals surface area (Å²) < 4.78 is 42.5. The molecule has 0 bridgehead atoms. The number of rotatable bonds is 2. The summed E-state index contributed by atoms with van der Waals surface area (Å²) in [5.41, 5.74) is -0.688. The van der Waals surface area contributed by atoms with Crippen LogP contribution in [0.15, 0.2) is 24.3 Å². The van der Waals surface area contributed by atoms with Gasteiger partial charge in [-0.2, -0.15) is 13.2 Å². The Bertz CT molecular complexity index is 372. The Morgan fingerprint density at radius 2 is 1.94 bits per heavy atom. The molecule has 0 heterocycles. The number of benzene rings is 1. The van der Waals surface area contributed by atoms with Crippen LogP contribution in [-0.4, -0.2) is 11.5 Å². The molecule has 0 aromatic heterocycles. The Kier molecular flexibility index (Phi) is 3.02. The third-order valence-corrected chi connectivity index (χ3v) is 2.86. The van der Waals surface area contributed by atoms with E-state index in [4.69, 9.17) is 16.3 Å². The second kappa shape index (κ2) is 4.17. The van der Waals surface area contributed by atoms with E-state index in [-0.39, 0.29) is 17.2 Å². The van der Waals surface area contributed by atoms with E-state index in [0.717, 1.165) is 12.1 Å². The molecule has 0 aliphatic heterocycles. The predicted octanol–water partition coefficient (Wildman–Crippen LogP) is 3.85. The van der Waals surface area contributed by atoms with Crippen LogP contribution < -0.4 is 4.74 Å². The molecule has 1 aliphatic rings. The predicted molar refractivity (Wildman–Crippen MR) is 54.7 cm³/mol. The maximum absolute atomic E-state index is 12.4. The molecule has 1 aliphatic carbocycles. The van der Waals surface area contributed by atoms with Crippen molar-refractivity contribution in [3.63, 3.8) is 0 Å². The van der Waals surface area contributed by atoms with E-state index in [1.165, 1.54) is 12.1 Å². The third kappa shape index (κ3) is 2.61. The van der Waals surface area contributed by atoms with Gasteiger partial charge in [-0.05, 0) is 18.2 Å². The average molecular weight is 251 g/mol. The molecule has 2 rings (SSSR count). The van der Waals surface area contributed by atoms with Gasteiger partial charge in [0.1, 0.15) is 11.9 Å². The molecule has 0 saturated heterocycles. The van der Waals surface area contributed by atoms with Crippen molar-refractivity contribution < 1.29 is 17.9 Å². The molecule has 1 aromatic rings. The fourth-order valence-corrected chi connectivity index (χ4v) is 1.93. The Morgan fingerprint density at radius 1 is 1.25 bits per heavy atom. The Labute approximate surface area is 96.2 Å². The van der Waals surface area contributed by atoms with Gasteiger partial charge in [0.25, 0.3) is 0 Å². The molecular formula is C11H10ClF3O. The molecule has 16 heavy (non-hydrogen) atoms. The number of halogens is 4. The number of hydrogen-bond acceptors (Lipinski definition) is 1. The highest BCUT2D eigenvalue weighted by atomic mass is 35.5. The monoisotopic (exact) mass is 250 g/mol. The van der Waals surface area contributed by atoms with Crippen LogP contribution in [0.5, 0.6) is 5.75 Å². The standard InChI is InChI=1S/C11H10ClF3O/c12-8-5-10(6-8)16-9-3-1-2-7(4-9)11(13,14)15/h1-4,8,10H,5-6H2. The van der Waals surface area contributed by atoms with Crippen LogP contribution in [-0.2, 0) is 6.18 Å². The van der Waals surface area contributed by atoms with Gasteiger partial charge in [0.2, 0.25) is 0 Å². The molecule has 88 valence electrons. The third-order valence-electron chi connectivity index (χ3n) is 2.50. The average Bonchev–Trinajstić information content (AvgIpc) is 2.14. The Balaban J connectivity index is 2.05. The Morgan fingerprint density at radius 3 is 2.50 bits per heavy atom. The molecule has 1 saturated carbocycles. The minimum absolute atomic E-state index is 0.0500. The van der Waals surface area contributed by atoms with Crippen LogP contribution in [0.4, 0.5) is 13.2 Å². The fraction of sp³-hybridized carbons (Fsp3) is 0.455. The molecule has 1 aromatic carbocycles. The lowest BCUT2D eigenvalue weighted by molar-refractivity contribution is -0.137. The summed E-state index contributed by atoms with van der Waals surface area (Å²) in [6, 6.07) is 4.91. The molecule has 0 spiro atoms. The zero-order valence-corrected chi connectivity index (χ0v) is 9.05. The van der Waals surface area contributed by atoms with E-state index >= 15 is 0 Å². The van der Waals surface area contributed by atoms with Crippen LogP contribution in [0.1, 0.15) is 18.4 Å². The molecule has 0 amide bonds. The summed E-state index contributed by atoms with van der Waals surface area (Å²) >= 11 is 5.75. The van der Waals surface area contributed by atoms with Gasteiger partial charge in [0.05, 0.1) is 5.56 Å². The summed E-state index contributed by atoms with van der Waals surface area (Å²) in [4.78, 5) is 0. The fourth-order valence-electron chi connectivity index (χ4n) is 1.54. The second-order valence-electron chi connectivity index (χ2n) is 3.83. The molecule has 1 fully saturated rings. The summed E-state index contributed by atoms with van der Waals surface area (Å²) in [5.74, 6) is 0.253. The smallest absolute Gasteiger partial charge is 0.416 e. The lowest BCUT2D eigenvalue weighted by Gasteiger charge is -2.31. The lowest BCUT2D eigenvalue weighted by Crippen LogP contribution is -2.34. The van der Waals surface area contributed by atoms with Crippen molar-refractivity contribution in [3.8, 4) is 5.75 Å². The normalized spacial score (nSPS) is 25.0. The van der Waals surface area contributed by atoms with Crippen LogP contribution in [0.3, 0.4) is 0 Å². The van der Waals surface area contributed by atoms with E-state index < -0.39 is 11.7 Å². The second-order valence-corrected chi connectivity index (χ2v) is 4.45. The number of hydrogen-bond donors (Lipinski definition) is 0. The van der Waals surface area contributed by atoms with Crippen molar-refractivity contribution in [2.45, 2.75) is 30.5 Å². The first-order chi connectivity index (χ1) is 7.45. The van der Waals surface area contributed by atoms with Crippen LogP contribution >= 0.6 is 11.6 Å². The van der Waals surface area contributed by atoms with Crippen LogP contribution in [0.2, 0.25) is 0 Å². The van der Waals surface area contributed by atoms with Crippen molar-refractivity contribution in [2.24, 2.45) is 0 Å². The van der Waals surface area contributed by atoms with E-state index in [2.05, 4.69) is 0 Å². The van der Waals surface area contributed by atoms with Crippen molar-refractivity contribution in [1.29, 1.82) is 0 Å². The number of ether oxygens (including phenoxy) is 1. The van der Waals surface area contributed by atoms with Gasteiger partial charge in [0, 0.05) is 18.2 Å². The maximum Gasteiger partial charge on any atom is 0.416 e. The highest BCUT2D eigenvalue weighted by molar-refractivity contribution is 6.21. The summed E-state index contributed by atoms with van der Waals surface area (Å²) in [7, 11) is 0. The topological polar surface area (TPSA) is 9.23 Å². The van der Waals surface area contributed by atoms with Gasteiger partial charge < -0.3 is 4.74 Å². The van der Waals surface area contributed by atoms with Gasteiger partial charge in [-0.3, -0.25) is 0 Å². The SMILES string of the molecule is FC(F)(F)c1cccc(OC2CC(Cl)C2)c1. The number of alkyl halides is 4. The van der Waals surface area contributed by atoms with Crippen LogP contribution in [0.25, 0.3) is 0 Å². The molecule has 1 nitrogen and oxygen atoms in total. The molecule has 0 N–H and O–H groups in total. The van der Waals surface area contributed by atoms with Crippen molar-refractivity contribution >= 4 is 11.6 Å². The summed E-state index contributed by atoms with van der Waals surface area (Å²) in [6.45, 7) is 0. The van der Waals surface area contributed by atoms with Crippen molar-refractivity contribution in [2.75, 3.05) is 0 Å². The highest BCUT2D eigenvalue weighted by Crippen LogP contribution is 2.34. The maximum atomic E-state index is 12.4. The summed E-state index contributed by atoms with van der Waals surface area (Å²) in [6.07, 6.45) is -2.99. The molecule has 0 unspecified atom stereocenters. The minimum atomic E-state index is -4.33. The van der Waals surface area contributed by atoms with Gasteiger partial charge in [-0.1, -0.05) is 6.07 Å². The van der Waals surface area contributed by atoms with Gasteiger partial charge in [-0.25, -0.2) is 0 Å². The lowest BCUT2D eigenvalue weighted by atomic mass is 9.95. The minimum Gasteiger partial charge on any atom is -0.490 e. The van der Waals surface area contributed by atoms with Gasteiger partial charge in [0.15, 0.2) is 0 Å².